The molecular formula is C14H19NO6. The number of ether oxygens (including phenoxy) is 3. The molecule has 2 N–H and O–H groups in total. The molecule has 1 unspecified atom stereocenters. The summed E-state index contributed by atoms with van der Waals surface area (Å²) in [6.45, 7) is 0.200. The molecule has 0 radical (unpaired) electrons. The van der Waals surface area contributed by atoms with Crippen molar-refractivity contribution in [3.63, 3.8) is 0 Å². The molecule has 0 saturated carbocycles. The van der Waals surface area contributed by atoms with E-state index >= 15 is 0 Å². The van der Waals surface area contributed by atoms with Gasteiger partial charge in [-0.2, -0.15) is 0 Å². The van der Waals surface area contributed by atoms with Gasteiger partial charge < -0.3 is 24.6 Å². The Kier molecular flexibility index (Phi) is 7.85. The van der Waals surface area contributed by atoms with Crippen molar-refractivity contribution in [2.75, 3.05) is 33.5 Å². The first-order chi connectivity index (χ1) is 10.1. The molecule has 21 heavy (non-hydrogen) atoms. The quantitative estimate of drug-likeness (QED) is 0.603. The molecule has 0 aromatic heterocycles. The van der Waals surface area contributed by atoms with Crippen LogP contribution in [0.2, 0.25) is 0 Å². The maximum atomic E-state index is 11.5. The van der Waals surface area contributed by atoms with Crippen molar-refractivity contribution in [1.82, 2.24) is 5.32 Å². The van der Waals surface area contributed by atoms with Crippen molar-refractivity contribution < 1.29 is 28.9 Å². The van der Waals surface area contributed by atoms with Crippen molar-refractivity contribution in [2.45, 2.75) is 6.04 Å². The summed E-state index contributed by atoms with van der Waals surface area (Å²) < 4.78 is 15.2. The smallest absolute Gasteiger partial charge is 0.328 e. The number of nitrogens with one attached hydrogen (secondary N) is 1. The van der Waals surface area contributed by atoms with Crippen LogP contribution in [0.25, 0.3) is 0 Å². The molecule has 1 aromatic rings. The Morgan fingerprint density at radius 3 is 2.57 bits per heavy atom. The number of para-hydroxylation sites is 1. The minimum Gasteiger partial charge on any atom is -0.491 e. The van der Waals surface area contributed by atoms with Crippen LogP contribution in [-0.2, 0) is 19.1 Å². The lowest BCUT2D eigenvalue weighted by molar-refractivity contribution is -0.144. The minimum absolute atomic E-state index is 0.0990. The third-order valence-corrected chi connectivity index (χ3v) is 2.44. The first-order valence-corrected chi connectivity index (χ1v) is 6.40. The number of rotatable bonds is 10. The Hall–Kier alpha value is -2.12. The van der Waals surface area contributed by atoms with Crippen molar-refractivity contribution in [2.24, 2.45) is 0 Å². The summed E-state index contributed by atoms with van der Waals surface area (Å²) in [4.78, 5) is 22.3. The van der Waals surface area contributed by atoms with E-state index < -0.39 is 17.9 Å². The predicted octanol–water partition coefficient (Wildman–Crippen LogP) is 0.298. The minimum atomic E-state index is -1.15. The standard InChI is InChI=1S/C14H19NO6/c1-19-9-12(14(17)18)15-13(16)10-20-7-8-21-11-5-3-2-4-6-11/h2-6,12H,7-10H2,1H3,(H,15,16)(H,17,18). The number of amides is 1. The zero-order chi connectivity index (χ0) is 15.5. The molecule has 0 heterocycles. The Balaban J connectivity index is 2.14. The fourth-order valence-corrected chi connectivity index (χ4v) is 1.48. The van der Waals surface area contributed by atoms with Gasteiger partial charge in [-0.05, 0) is 12.1 Å². The predicted molar refractivity (Wildman–Crippen MR) is 74.2 cm³/mol. The topological polar surface area (TPSA) is 94.1 Å². The van der Waals surface area contributed by atoms with Crippen LogP contribution in [0.1, 0.15) is 0 Å². The van der Waals surface area contributed by atoms with E-state index in [-0.39, 0.29) is 19.8 Å². The number of carbonyl (C=O) groups excluding carboxylic acids is 1. The summed E-state index contributed by atoms with van der Waals surface area (Å²) in [5.74, 6) is -0.951. The Morgan fingerprint density at radius 1 is 1.24 bits per heavy atom. The van der Waals surface area contributed by atoms with E-state index in [4.69, 9.17) is 19.3 Å². The molecule has 0 aliphatic heterocycles. The third-order valence-electron chi connectivity index (χ3n) is 2.44. The van der Waals surface area contributed by atoms with Gasteiger partial charge >= 0.3 is 5.97 Å². The zero-order valence-corrected chi connectivity index (χ0v) is 11.8. The van der Waals surface area contributed by atoms with Gasteiger partial charge in [-0.1, -0.05) is 18.2 Å². The fraction of sp³-hybridized carbons (Fsp3) is 0.429. The summed E-state index contributed by atoms with van der Waals surface area (Å²) in [6.07, 6.45) is 0. The van der Waals surface area contributed by atoms with Crippen LogP contribution in [0.15, 0.2) is 30.3 Å². The van der Waals surface area contributed by atoms with Crippen LogP contribution < -0.4 is 10.1 Å². The molecule has 1 amide bonds. The summed E-state index contributed by atoms with van der Waals surface area (Å²) >= 11 is 0. The Morgan fingerprint density at radius 2 is 1.95 bits per heavy atom. The first kappa shape index (κ1) is 16.9. The van der Waals surface area contributed by atoms with Crippen LogP contribution in [0.3, 0.4) is 0 Å². The molecule has 1 rings (SSSR count). The second-order valence-corrected chi connectivity index (χ2v) is 4.13. The van der Waals surface area contributed by atoms with Gasteiger partial charge in [-0.15, -0.1) is 0 Å². The van der Waals surface area contributed by atoms with E-state index in [0.29, 0.717) is 6.61 Å². The van der Waals surface area contributed by atoms with Gasteiger partial charge in [0.1, 0.15) is 19.0 Å². The van der Waals surface area contributed by atoms with Crippen LogP contribution >= 0.6 is 0 Å². The van der Waals surface area contributed by atoms with Gasteiger partial charge in [-0.3, -0.25) is 4.79 Å². The molecule has 0 aliphatic carbocycles. The maximum Gasteiger partial charge on any atom is 0.328 e. The molecule has 7 heteroatoms. The number of carbonyl (C=O) groups is 2. The Bertz CT molecular complexity index is 436. The molecule has 0 aliphatic rings. The normalized spacial score (nSPS) is 11.7. The van der Waals surface area contributed by atoms with E-state index in [1.165, 1.54) is 7.11 Å². The van der Waals surface area contributed by atoms with E-state index in [9.17, 15) is 9.59 Å². The van der Waals surface area contributed by atoms with Crippen LogP contribution in [-0.4, -0.2) is 56.6 Å². The van der Waals surface area contributed by atoms with E-state index in [1.807, 2.05) is 30.3 Å². The van der Waals surface area contributed by atoms with Gasteiger partial charge in [0.25, 0.3) is 0 Å². The lowest BCUT2D eigenvalue weighted by Crippen LogP contribution is -2.45. The Labute approximate surface area is 122 Å². The van der Waals surface area contributed by atoms with Crippen molar-refractivity contribution in [1.29, 1.82) is 0 Å². The first-order valence-electron chi connectivity index (χ1n) is 6.40. The molecule has 1 atom stereocenters. The highest BCUT2D eigenvalue weighted by molar-refractivity contribution is 5.84. The van der Waals surface area contributed by atoms with E-state index in [2.05, 4.69) is 5.32 Å². The van der Waals surface area contributed by atoms with Gasteiger partial charge in [0.2, 0.25) is 5.91 Å². The third kappa shape index (κ3) is 7.28. The zero-order valence-electron chi connectivity index (χ0n) is 11.8. The largest absolute Gasteiger partial charge is 0.491 e. The lowest BCUT2D eigenvalue weighted by Gasteiger charge is -2.13. The average molecular weight is 297 g/mol. The van der Waals surface area contributed by atoms with E-state index in [0.717, 1.165) is 5.75 Å². The van der Waals surface area contributed by atoms with E-state index in [1.54, 1.807) is 0 Å². The highest BCUT2D eigenvalue weighted by atomic mass is 16.5. The summed E-state index contributed by atoms with van der Waals surface area (Å²) in [6, 6.07) is 8.14. The summed E-state index contributed by atoms with van der Waals surface area (Å²) in [5.41, 5.74) is 0. The molecule has 1 aromatic carbocycles. The molecule has 7 nitrogen and oxygen atoms in total. The number of hydrogen-bond donors (Lipinski definition) is 2. The highest BCUT2D eigenvalue weighted by Crippen LogP contribution is 2.07. The SMILES string of the molecule is COCC(NC(=O)COCCOc1ccccc1)C(=O)O. The molecule has 0 bridgehead atoms. The molecule has 116 valence electrons. The van der Waals surface area contributed by atoms with Gasteiger partial charge in [0, 0.05) is 7.11 Å². The monoisotopic (exact) mass is 297 g/mol. The van der Waals surface area contributed by atoms with Crippen LogP contribution in [0.5, 0.6) is 5.75 Å². The molecule has 0 saturated heterocycles. The number of benzene rings is 1. The van der Waals surface area contributed by atoms with Crippen LogP contribution in [0.4, 0.5) is 0 Å². The van der Waals surface area contributed by atoms with Crippen molar-refractivity contribution in [3.8, 4) is 5.75 Å². The second-order valence-electron chi connectivity index (χ2n) is 4.13. The maximum absolute atomic E-state index is 11.5. The lowest BCUT2D eigenvalue weighted by atomic mass is 10.3. The van der Waals surface area contributed by atoms with Crippen molar-refractivity contribution >= 4 is 11.9 Å². The summed E-state index contributed by atoms with van der Waals surface area (Å²) in [5, 5.41) is 11.1. The van der Waals surface area contributed by atoms with Gasteiger partial charge in [-0.25, -0.2) is 4.79 Å². The van der Waals surface area contributed by atoms with Gasteiger partial charge in [0.05, 0.1) is 13.2 Å². The highest BCUT2D eigenvalue weighted by Gasteiger charge is 2.19. The number of carboxylic acids is 1. The average Bonchev–Trinajstić information content (AvgIpc) is 2.47. The number of carboxylic acid groups (broad SMARTS) is 1. The fourth-order valence-electron chi connectivity index (χ4n) is 1.48. The molecular weight excluding hydrogens is 278 g/mol. The number of aliphatic carboxylic acids is 1. The van der Waals surface area contributed by atoms with Crippen LogP contribution in [0, 0.1) is 0 Å². The summed E-state index contributed by atoms with van der Waals surface area (Å²) in [7, 11) is 1.36. The molecule has 0 fully saturated rings. The van der Waals surface area contributed by atoms with Crippen molar-refractivity contribution in [3.05, 3.63) is 30.3 Å². The molecule has 0 spiro atoms. The second kappa shape index (κ2) is 9.73. The van der Waals surface area contributed by atoms with Gasteiger partial charge in [0.15, 0.2) is 6.04 Å². The number of methoxy groups -OCH3 is 1. The number of hydrogen-bond acceptors (Lipinski definition) is 5.